The van der Waals surface area contributed by atoms with E-state index in [9.17, 15) is 15.4 Å². The van der Waals surface area contributed by atoms with Crippen molar-refractivity contribution in [1.29, 1.82) is 5.26 Å². The monoisotopic (exact) mass is 507 g/mol. The molecule has 0 bridgehead atoms. The average molecular weight is 508 g/mol. The summed E-state index contributed by atoms with van der Waals surface area (Å²) in [6.45, 7) is 0.0804. The lowest BCUT2D eigenvalue weighted by atomic mass is 9.92. The summed E-state index contributed by atoms with van der Waals surface area (Å²) in [6, 6.07) is 26.5. The van der Waals surface area contributed by atoms with Crippen LogP contribution < -0.4 is 4.74 Å². The van der Waals surface area contributed by atoms with E-state index >= 15 is 0 Å². The van der Waals surface area contributed by atoms with Gasteiger partial charge in [-0.1, -0.05) is 48.5 Å². The molecule has 0 fully saturated rings. The number of non-ortho nitro benzene ring substituents is 1. The van der Waals surface area contributed by atoms with Crippen molar-refractivity contribution in [3.63, 3.8) is 0 Å². The molecule has 0 spiro atoms. The number of benzene rings is 4. The number of nitrogens with zero attached hydrogens (tertiary/aromatic N) is 3. The maximum Gasteiger partial charge on any atom is 0.270 e. The fourth-order valence-electron chi connectivity index (χ4n) is 4.37. The van der Waals surface area contributed by atoms with Crippen molar-refractivity contribution in [2.24, 2.45) is 0 Å². The molecule has 0 N–H and O–H groups in total. The van der Waals surface area contributed by atoms with Crippen molar-refractivity contribution in [1.82, 2.24) is 4.98 Å². The second kappa shape index (κ2) is 10.6. The fraction of sp³-hybridized carbons (Fsp3) is 0.103. The highest BCUT2D eigenvalue weighted by Crippen LogP contribution is 2.37. The van der Waals surface area contributed by atoms with Crippen LogP contribution in [-0.4, -0.2) is 17.0 Å². The predicted octanol–water partition coefficient (Wildman–Crippen LogP) is 7.06. The highest BCUT2D eigenvalue weighted by atomic mass is 32.1. The number of rotatable bonds is 8. The van der Waals surface area contributed by atoms with E-state index in [4.69, 9.17) is 9.47 Å². The molecule has 0 aliphatic carbocycles. The quantitative estimate of drug-likeness (QED) is 0.165. The number of thiazole rings is 1. The first-order valence-electron chi connectivity index (χ1n) is 11.4. The van der Waals surface area contributed by atoms with Gasteiger partial charge in [0.15, 0.2) is 0 Å². The van der Waals surface area contributed by atoms with Crippen LogP contribution in [0.1, 0.15) is 27.7 Å². The van der Waals surface area contributed by atoms with Crippen molar-refractivity contribution in [3.8, 4) is 22.9 Å². The van der Waals surface area contributed by atoms with Gasteiger partial charge in [-0.2, -0.15) is 5.26 Å². The summed E-state index contributed by atoms with van der Waals surface area (Å²) in [5, 5.41) is 23.3. The number of hydrogen-bond acceptors (Lipinski definition) is 7. The van der Waals surface area contributed by atoms with Crippen molar-refractivity contribution in [2.75, 3.05) is 7.11 Å². The Labute approximate surface area is 217 Å². The SMILES string of the molecule is COc1ccc([N+](=O)[O-])cc1COC(c1ccc(C#N)c(-c2cccc3ccccc23)c1)c1cncs1. The van der Waals surface area contributed by atoms with Crippen LogP contribution in [0.15, 0.2) is 90.6 Å². The maximum atomic E-state index is 11.3. The summed E-state index contributed by atoms with van der Waals surface area (Å²) >= 11 is 1.45. The largest absolute Gasteiger partial charge is 0.496 e. The highest BCUT2D eigenvalue weighted by molar-refractivity contribution is 7.09. The molecule has 0 radical (unpaired) electrons. The molecule has 1 heterocycles. The molecule has 37 heavy (non-hydrogen) atoms. The molecule has 182 valence electrons. The molecule has 0 amide bonds. The fourth-order valence-corrected chi connectivity index (χ4v) is 5.06. The molecule has 0 aliphatic heterocycles. The second-order valence-electron chi connectivity index (χ2n) is 8.29. The van der Waals surface area contributed by atoms with Gasteiger partial charge in [-0.15, -0.1) is 11.3 Å². The maximum absolute atomic E-state index is 11.3. The number of ether oxygens (including phenoxy) is 2. The van der Waals surface area contributed by atoms with Gasteiger partial charge in [0.05, 0.1) is 40.7 Å². The summed E-state index contributed by atoms with van der Waals surface area (Å²) in [5.41, 5.74) is 5.43. The number of hydrogen-bond donors (Lipinski definition) is 0. The minimum absolute atomic E-state index is 0.0367. The van der Waals surface area contributed by atoms with Crippen molar-refractivity contribution in [2.45, 2.75) is 12.7 Å². The van der Waals surface area contributed by atoms with Gasteiger partial charge in [-0.25, -0.2) is 0 Å². The van der Waals surface area contributed by atoms with Crippen LogP contribution >= 0.6 is 11.3 Å². The number of nitriles is 1. The Hall–Kier alpha value is -4.58. The van der Waals surface area contributed by atoms with E-state index in [0.717, 1.165) is 32.3 Å². The number of aromatic nitrogens is 1. The smallest absolute Gasteiger partial charge is 0.270 e. The molecule has 4 aromatic carbocycles. The summed E-state index contributed by atoms with van der Waals surface area (Å²) < 4.78 is 11.8. The number of nitro groups is 1. The Bertz CT molecular complexity index is 1620. The number of methoxy groups -OCH3 is 1. The van der Waals surface area contributed by atoms with Crippen molar-refractivity contribution >= 4 is 27.8 Å². The van der Waals surface area contributed by atoms with E-state index in [0.29, 0.717) is 16.9 Å². The Morgan fingerprint density at radius 2 is 1.89 bits per heavy atom. The lowest BCUT2D eigenvalue weighted by molar-refractivity contribution is -0.385. The van der Waals surface area contributed by atoms with Gasteiger partial charge in [0, 0.05) is 29.5 Å². The van der Waals surface area contributed by atoms with E-state index < -0.39 is 11.0 Å². The zero-order valence-electron chi connectivity index (χ0n) is 19.8. The molecule has 0 saturated carbocycles. The molecule has 0 aliphatic rings. The van der Waals surface area contributed by atoms with Crippen LogP contribution in [0.5, 0.6) is 5.75 Å². The Morgan fingerprint density at radius 1 is 1.05 bits per heavy atom. The van der Waals surface area contributed by atoms with Gasteiger partial charge in [-0.05, 0) is 40.1 Å². The van der Waals surface area contributed by atoms with Gasteiger partial charge >= 0.3 is 0 Å². The standard InChI is InChI=1S/C29H21N3O4S/c1-35-27-12-11-23(32(33)34)13-22(27)17-36-29(28-16-31-18-37-28)20-9-10-21(15-30)26(14-20)25-8-4-6-19-5-2-3-7-24(19)25/h2-14,16,18,29H,17H2,1H3. The normalized spacial score (nSPS) is 11.7. The molecule has 1 atom stereocenters. The van der Waals surface area contributed by atoms with Crippen molar-refractivity contribution in [3.05, 3.63) is 122 Å². The lowest BCUT2D eigenvalue weighted by Crippen LogP contribution is -2.07. The molecular weight excluding hydrogens is 486 g/mol. The Kier molecular flexibility index (Phi) is 6.90. The summed E-state index contributed by atoms with van der Waals surface area (Å²) in [6.07, 6.45) is 1.24. The number of nitro benzene ring substituents is 1. The molecule has 1 aromatic heterocycles. The minimum atomic E-state index is -0.502. The van der Waals surface area contributed by atoms with E-state index in [2.05, 4.69) is 11.1 Å². The molecule has 5 aromatic rings. The van der Waals surface area contributed by atoms with E-state index in [1.54, 1.807) is 23.8 Å². The van der Waals surface area contributed by atoms with E-state index in [1.807, 2.05) is 54.6 Å². The first kappa shape index (κ1) is 24.1. The third kappa shape index (κ3) is 4.91. The molecular formula is C29H21N3O4S. The minimum Gasteiger partial charge on any atom is -0.496 e. The summed E-state index contributed by atoms with van der Waals surface area (Å²) in [7, 11) is 1.52. The summed E-state index contributed by atoms with van der Waals surface area (Å²) in [5.74, 6) is 0.505. The second-order valence-corrected chi connectivity index (χ2v) is 9.21. The topological polar surface area (TPSA) is 98.3 Å². The van der Waals surface area contributed by atoms with Crippen LogP contribution in [0, 0.1) is 21.4 Å². The van der Waals surface area contributed by atoms with Crippen molar-refractivity contribution < 1.29 is 14.4 Å². The third-order valence-corrected chi connectivity index (χ3v) is 6.96. The summed E-state index contributed by atoms with van der Waals surface area (Å²) in [4.78, 5) is 16.0. The van der Waals surface area contributed by atoms with Gasteiger partial charge < -0.3 is 9.47 Å². The first-order valence-corrected chi connectivity index (χ1v) is 12.3. The Balaban J connectivity index is 1.57. The van der Waals surface area contributed by atoms with Crippen LogP contribution in [0.2, 0.25) is 0 Å². The lowest BCUT2D eigenvalue weighted by Gasteiger charge is -2.19. The first-order chi connectivity index (χ1) is 18.1. The van der Waals surface area contributed by atoms with E-state index in [-0.39, 0.29) is 12.3 Å². The van der Waals surface area contributed by atoms with E-state index in [1.165, 1.54) is 30.6 Å². The Morgan fingerprint density at radius 3 is 2.65 bits per heavy atom. The van der Waals surface area contributed by atoms with Crippen LogP contribution in [0.3, 0.4) is 0 Å². The third-order valence-electron chi connectivity index (χ3n) is 6.14. The predicted molar refractivity (Wildman–Crippen MR) is 142 cm³/mol. The molecule has 1 unspecified atom stereocenters. The molecule has 0 saturated heterocycles. The van der Waals surface area contributed by atoms with Gasteiger partial charge in [0.2, 0.25) is 0 Å². The van der Waals surface area contributed by atoms with Crippen LogP contribution in [0.25, 0.3) is 21.9 Å². The molecule has 7 nitrogen and oxygen atoms in total. The average Bonchev–Trinajstić information content (AvgIpc) is 3.47. The zero-order valence-corrected chi connectivity index (χ0v) is 20.6. The molecule has 8 heteroatoms. The van der Waals surface area contributed by atoms with Crippen LogP contribution in [0.4, 0.5) is 5.69 Å². The number of fused-ring (bicyclic) bond motifs is 1. The van der Waals surface area contributed by atoms with Crippen LogP contribution in [-0.2, 0) is 11.3 Å². The zero-order chi connectivity index (χ0) is 25.8. The highest BCUT2D eigenvalue weighted by Gasteiger charge is 2.21. The van der Waals surface area contributed by atoms with Gasteiger partial charge in [0.1, 0.15) is 11.9 Å². The van der Waals surface area contributed by atoms with Gasteiger partial charge in [0.25, 0.3) is 5.69 Å². The van der Waals surface area contributed by atoms with Gasteiger partial charge in [-0.3, -0.25) is 15.1 Å². The molecule has 5 rings (SSSR count).